The number of thiocarbonyl (C=S) groups is 1. The quantitative estimate of drug-likeness (QED) is 0.436. The number of carbonyl (C=O) groups excluding carboxylic acids is 1. The maximum absolute atomic E-state index is 13.4. The van der Waals surface area contributed by atoms with Crippen LogP contribution in [-0.4, -0.2) is 28.1 Å². The van der Waals surface area contributed by atoms with Crippen molar-refractivity contribution >= 4 is 35.0 Å². The van der Waals surface area contributed by atoms with Gasteiger partial charge in [0.05, 0.1) is 5.69 Å². The van der Waals surface area contributed by atoms with E-state index in [2.05, 4.69) is 41.5 Å². The lowest BCUT2D eigenvalue weighted by Crippen LogP contribution is -2.31. The Bertz CT molecular complexity index is 1100. The van der Waals surface area contributed by atoms with Crippen LogP contribution in [0.5, 0.6) is 5.75 Å². The maximum Gasteiger partial charge on any atom is 0.281 e. The van der Waals surface area contributed by atoms with E-state index in [4.69, 9.17) is 12.2 Å². The van der Waals surface area contributed by atoms with Gasteiger partial charge >= 0.3 is 0 Å². The molecule has 1 saturated heterocycles. The number of anilines is 1. The van der Waals surface area contributed by atoms with Gasteiger partial charge in [-0.05, 0) is 83.9 Å². The molecule has 1 fully saturated rings. The molecule has 1 N–H and O–H groups in total. The average molecular weight is 451 g/mol. The van der Waals surface area contributed by atoms with Crippen LogP contribution in [0.4, 0.5) is 5.69 Å². The molecule has 1 amide bonds. The molecule has 2 aromatic carbocycles. The van der Waals surface area contributed by atoms with Crippen molar-refractivity contribution in [3.8, 4) is 5.75 Å². The van der Waals surface area contributed by atoms with E-state index in [1.807, 2.05) is 57.3 Å². The van der Waals surface area contributed by atoms with E-state index in [1.165, 1.54) is 5.56 Å². The molecule has 0 saturated carbocycles. The van der Waals surface area contributed by atoms with Crippen LogP contribution in [0.15, 0.2) is 36.0 Å². The van der Waals surface area contributed by atoms with Gasteiger partial charge in [0.15, 0.2) is 5.11 Å². The van der Waals surface area contributed by atoms with Crippen LogP contribution in [0.2, 0.25) is 0 Å². The van der Waals surface area contributed by atoms with E-state index in [-0.39, 0.29) is 16.7 Å². The maximum atomic E-state index is 13.4. The highest BCUT2D eigenvalue weighted by atomic mass is 32.1. The highest BCUT2D eigenvalue weighted by molar-refractivity contribution is 7.80. The number of phenolic OH excluding ortho intramolecular Hbond substituents is 1. The summed E-state index contributed by atoms with van der Waals surface area (Å²) >= 11 is 5.63. The molecule has 170 valence electrons. The number of hydrogen-bond acceptors (Lipinski definition) is 3. The third-order valence-corrected chi connectivity index (χ3v) is 6.52. The number of aromatic hydroxyl groups is 1. The molecular weight excluding hydrogens is 416 g/mol. The molecule has 0 aromatic heterocycles. The number of nitrogens with zero attached hydrogens (tertiary/aromatic N) is 2. The largest absolute Gasteiger partial charge is 0.507 e. The second-order valence-corrected chi connectivity index (χ2v) is 11.1. The summed E-state index contributed by atoms with van der Waals surface area (Å²) in [6, 6.07) is 9.87. The molecule has 0 aliphatic carbocycles. The summed E-state index contributed by atoms with van der Waals surface area (Å²) in [6.45, 7) is 16.5. The number of phenols is 1. The highest BCUT2D eigenvalue weighted by Crippen LogP contribution is 2.40. The van der Waals surface area contributed by atoms with Crippen LogP contribution >= 0.6 is 12.2 Å². The fourth-order valence-electron chi connectivity index (χ4n) is 3.89. The summed E-state index contributed by atoms with van der Waals surface area (Å²) in [6.07, 6.45) is 1.87. The van der Waals surface area contributed by atoms with E-state index in [9.17, 15) is 9.90 Å². The van der Waals surface area contributed by atoms with Gasteiger partial charge in [0.25, 0.3) is 5.91 Å². The van der Waals surface area contributed by atoms with Crippen LogP contribution in [-0.2, 0) is 15.6 Å². The summed E-state index contributed by atoms with van der Waals surface area (Å²) in [4.78, 5) is 16.8. The molecule has 0 atom stereocenters. The van der Waals surface area contributed by atoms with Crippen LogP contribution in [0.1, 0.15) is 69.4 Å². The second kappa shape index (κ2) is 8.04. The minimum absolute atomic E-state index is 0.150. The second-order valence-electron chi connectivity index (χ2n) is 10.7. The zero-order valence-corrected chi connectivity index (χ0v) is 21.4. The number of rotatable bonds is 2. The number of carbonyl (C=O) groups is 1. The van der Waals surface area contributed by atoms with Crippen molar-refractivity contribution in [3.63, 3.8) is 0 Å². The predicted octanol–water partition coefficient (Wildman–Crippen LogP) is 6.21. The van der Waals surface area contributed by atoms with Crippen LogP contribution in [0.3, 0.4) is 0 Å². The van der Waals surface area contributed by atoms with Gasteiger partial charge in [0, 0.05) is 18.2 Å². The summed E-state index contributed by atoms with van der Waals surface area (Å²) in [5, 5.41) is 11.5. The number of hydrogen-bond donors (Lipinski definition) is 1. The van der Waals surface area contributed by atoms with Gasteiger partial charge in [-0.1, -0.05) is 47.6 Å². The number of benzene rings is 2. The molecule has 4 nitrogen and oxygen atoms in total. The fraction of sp³-hybridized carbons (Fsp3) is 0.407. The first kappa shape index (κ1) is 24.0. The number of amides is 1. The molecule has 1 aliphatic heterocycles. The average Bonchev–Trinajstić information content (AvgIpc) is 2.87. The van der Waals surface area contributed by atoms with Crippen LogP contribution in [0.25, 0.3) is 6.08 Å². The van der Waals surface area contributed by atoms with Gasteiger partial charge in [-0.15, -0.1) is 0 Å². The minimum Gasteiger partial charge on any atom is -0.507 e. The predicted molar refractivity (Wildman–Crippen MR) is 137 cm³/mol. The molecular formula is C27H34N2O2S. The molecule has 2 aromatic rings. The van der Waals surface area contributed by atoms with Crippen molar-refractivity contribution < 1.29 is 9.90 Å². The van der Waals surface area contributed by atoms with Gasteiger partial charge in [-0.3, -0.25) is 9.69 Å². The van der Waals surface area contributed by atoms with Crippen LogP contribution in [0, 0.1) is 13.8 Å². The zero-order valence-electron chi connectivity index (χ0n) is 20.6. The Morgan fingerprint density at radius 2 is 1.44 bits per heavy atom. The van der Waals surface area contributed by atoms with Crippen molar-refractivity contribution in [2.45, 2.75) is 66.2 Å². The lowest BCUT2D eigenvalue weighted by Gasteiger charge is -2.28. The zero-order chi connectivity index (χ0) is 24.2. The Hall–Kier alpha value is -2.66. The molecule has 1 aliphatic rings. The van der Waals surface area contributed by atoms with Crippen molar-refractivity contribution in [2.24, 2.45) is 0 Å². The van der Waals surface area contributed by atoms with Gasteiger partial charge in [-0.25, -0.2) is 0 Å². The topological polar surface area (TPSA) is 43.8 Å². The third kappa shape index (κ3) is 4.31. The van der Waals surface area contributed by atoms with Gasteiger partial charge < -0.3 is 10.0 Å². The normalized spacial score (nSPS) is 16.5. The molecule has 32 heavy (non-hydrogen) atoms. The van der Waals surface area contributed by atoms with Gasteiger partial charge in [-0.2, -0.15) is 0 Å². The minimum atomic E-state index is -0.245. The molecule has 0 bridgehead atoms. The van der Waals surface area contributed by atoms with E-state index in [0.717, 1.165) is 27.9 Å². The first-order valence-electron chi connectivity index (χ1n) is 10.9. The van der Waals surface area contributed by atoms with E-state index in [0.29, 0.717) is 16.6 Å². The summed E-state index contributed by atoms with van der Waals surface area (Å²) < 4.78 is 0. The van der Waals surface area contributed by atoms with E-state index < -0.39 is 0 Å². The summed E-state index contributed by atoms with van der Waals surface area (Å²) in [7, 11) is 1.82. The monoisotopic (exact) mass is 450 g/mol. The lowest BCUT2D eigenvalue weighted by molar-refractivity contribution is -0.114. The molecule has 5 heteroatoms. The molecule has 3 rings (SSSR count). The highest BCUT2D eigenvalue weighted by Gasteiger charge is 2.37. The summed E-state index contributed by atoms with van der Waals surface area (Å²) in [5.41, 5.74) is 5.67. The lowest BCUT2D eigenvalue weighted by atomic mass is 9.78. The summed E-state index contributed by atoms with van der Waals surface area (Å²) in [5.74, 6) is 0.175. The Kier molecular flexibility index (Phi) is 6.03. The van der Waals surface area contributed by atoms with E-state index >= 15 is 0 Å². The van der Waals surface area contributed by atoms with Crippen molar-refractivity contribution in [1.29, 1.82) is 0 Å². The van der Waals surface area contributed by atoms with Crippen molar-refractivity contribution in [1.82, 2.24) is 4.90 Å². The fourth-order valence-corrected chi connectivity index (χ4v) is 4.18. The van der Waals surface area contributed by atoms with Crippen molar-refractivity contribution in [3.05, 3.63) is 63.8 Å². The van der Waals surface area contributed by atoms with Crippen molar-refractivity contribution in [2.75, 3.05) is 11.9 Å². The Balaban J connectivity index is 2.14. The standard InChI is InChI=1S/C27H34N2O2S/c1-16-10-11-19(12-17(16)2)29-24(31)22(28(9)25(29)32)15-18-13-20(26(3,4)5)23(30)21(14-18)27(6,7)8/h10-15,30H,1-9H3/b22-15+. The third-order valence-electron chi connectivity index (χ3n) is 6.06. The van der Waals surface area contributed by atoms with Crippen LogP contribution < -0.4 is 4.90 Å². The Morgan fingerprint density at radius 1 is 0.906 bits per heavy atom. The van der Waals surface area contributed by atoms with Gasteiger partial charge in [0.1, 0.15) is 11.4 Å². The number of likely N-dealkylation sites (N-methyl/N-ethyl adjacent to an activating group) is 1. The SMILES string of the molecule is Cc1ccc(N2C(=O)/C(=C\c3cc(C(C)(C)C)c(O)c(C(C)(C)C)c3)N(C)C2=S)cc1C. The molecule has 0 radical (unpaired) electrons. The Labute approximate surface area is 197 Å². The number of aryl methyl sites for hydroxylation is 2. The van der Waals surface area contributed by atoms with Gasteiger partial charge in [0.2, 0.25) is 0 Å². The Morgan fingerprint density at radius 3 is 1.91 bits per heavy atom. The molecule has 0 spiro atoms. The first-order valence-corrected chi connectivity index (χ1v) is 11.3. The van der Waals surface area contributed by atoms with E-state index in [1.54, 1.807) is 9.80 Å². The smallest absolute Gasteiger partial charge is 0.281 e. The molecule has 1 heterocycles. The molecule has 0 unspecified atom stereocenters. The first-order chi connectivity index (χ1) is 14.6.